The summed E-state index contributed by atoms with van der Waals surface area (Å²) in [4.78, 5) is 36.7. The number of hydrogen-bond donors (Lipinski definition) is 2. The zero-order valence-corrected chi connectivity index (χ0v) is 20.2. The number of nitrogens with one attached hydrogen (secondary N) is 2. The molecular formula is C22H31N3O8S. The first-order valence-corrected chi connectivity index (χ1v) is 12.6. The predicted octanol–water partition coefficient (Wildman–Crippen LogP) is 1.04. The molecule has 0 aromatic heterocycles. The molecule has 11 nitrogen and oxygen atoms in total. The fraction of sp³-hybridized carbons (Fsp3) is 0.591. The average molecular weight is 498 g/mol. The van der Waals surface area contributed by atoms with E-state index in [0.717, 1.165) is 19.3 Å². The summed E-state index contributed by atoms with van der Waals surface area (Å²) in [7, 11) is -2.51. The van der Waals surface area contributed by atoms with Crippen molar-refractivity contribution in [3.63, 3.8) is 0 Å². The molecule has 0 radical (unpaired) electrons. The number of sulfonamides is 1. The Morgan fingerprint density at radius 2 is 1.79 bits per heavy atom. The van der Waals surface area contributed by atoms with Crippen molar-refractivity contribution in [1.29, 1.82) is 0 Å². The molecule has 1 heterocycles. The molecule has 34 heavy (non-hydrogen) atoms. The highest BCUT2D eigenvalue weighted by atomic mass is 32.2. The Labute approximate surface area is 199 Å². The quantitative estimate of drug-likeness (QED) is 0.508. The van der Waals surface area contributed by atoms with Gasteiger partial charge >= 0.3 is 5.97 Å². The highest BCUT2D eigenvalue weighted by molar-refractivity contribution is 7.89. The van der Waals surface area contributed by atoms with Crippen LogP contribution >= 0.6 is 0 Å². The number of anilines is 1. The van der Waals surface area contributed by atoms with Crippen molar-refractivity contribution >= 4 is 33.5 Å². The van der Waals surface area contributed by atoms with Gasteiger partial charge in [-0.15, -0.1) is 0 Å². The molecule has 2 N–H and O–H groups in total. The van der Waals surface area contributed by atoms with Crippen molar-refractivity contribution in [2.45, 2.75) is 49.5 Å². The Bertz CT molecular complexity index is 1010. The van der Waals surface area contributed by atoms with Gasteiger partial charge in [0.25, 0.3) is 5.91 Å². The summed E-state index contributed by atoms with van der Waals surface area (Å²) in [6.45, 7) is 1.79. The van der Waals surface area contributed by atoms with Gasteiger partial charge in [0.1, 0.15) is 16.2 Å². The molecule has 2 aliphatic rings. The second-order valence-electron chi connectivity index (χ2n) is 8.33. The number of esters is 1. The van der Waals surface area contributed by atoms with E-state index in [2.05, 4.69) is 10.6 Å². The highest BCUT2D eigenvalue weighted by Crippen LogP contribution is 2.31. The molecule has 0 atom stereocenters. The Morgan fingerprint density at radius 3 is 2.41 bits per heavy atom. The molecule has 1 saturated heterocycles. The Kier molecular flexibility index (Phi) is 8.50. The van der Waals surface area contributed by atoms with E-state index in [4.69, 9.17) is 14.2 Å². The average Bonchev–Trinajstić information content (AvgIpc) is 2.83. The van der Waals surface area contributed by atoms with Crippen molar-refractivity contribution in [2.24, 2.45) is 0 Å². The molecule has 1 saturated carbocycles. The third kappa shape index (κ3) is 6.05. The van der Waals surface area contributed by atoms with Gasteiger partial charge < -0.3 is 24.8 Å². The molecule has 0 unspecified atom stereocenters. The first kappa shape index (κ1) is 25.9. The van der Waals surface area contributed by atoms with Crippen LogP contribution in [0.25, 0.3) is 0 Å². The molecular weight excluding hydrogens is 466 g/mol. The first-order chi connectivity index (χ1) is 16.2. The zero-order chi connectivity index (χ0) is 24.8. The van der Waals surface area contributed by atoms with Gasteiger partial charge in [-0.1, -0.05) is 19.3 Å². The fourth-order valence-corrected chi connectivity index (χ4v) is 5.81. The highest BCUT2D eigenvalue weighted by Gasteiger charge is 2.42. The SMILES string of the molecule is COc1ccc(NC(=O)COC(=O)C2(NC(C)=O)CCCCC2)cc1S(=O)(=O)N1CCOCC1. The third-order valence-corrected chi connectivity index (χ3v) is 7.80. The Balaban J connectivity index is 1.68. The van der Waals surface area contributed by atoms with Gasteiger partial charge in [0.15, 0.2) is 6.61 Å². The summed E-state index contributed by atoms with van der Waals surface area (Å²) in [5.74, 6) is -1.48. The second-order valence-corrected chi connectivity index (χ2v) is 10.2. The maximum Gasteiger partial charge on any atom is 0.332 e. The van der Waals surface area contributed by atoms with E-state index in [-0.39, 0.29) is 35.3 Å². The number of morpholine rings is 1. The Hall–Kier alpha value is -2.70. The van der Waals surface area contributed by atoms with E-state index in [1.807, 2.05) is 0 Å². The standard InChI is InChI=1S/C22H31N3O8S/c1-16(26)24-22(8-4-3-5-9-22)21(28)33-15-20(27)23-17-6-7-18(31-2)19(14-17)34(29,30)25-10-12-32-13-11-25/h6-7,14H,3-5,8-13,15H2,1-2H3,(H,23,27)(H,24,26). The van der Waals surface area contributed by atoms with Crippen molar-refractivity contribution in [1.82, 2.24) is 9.62 Å². The van der Waals surface area contributed by atoms with Crippen LogP contribution in [0, 0.1) is 0 Å². The molecule has 2 fully saturated rings. The molecule has 0 bridgehead atoms. The van der Waals surface area contributed by atoms with Crippen LogP contribution in [-0.2, 0) is 33.9 Å². The first-order valence-electron chi connectivity index (χ1n) is 11.2. The summed E-state index contributed by atoms with van der Waals surface area (Å²) < 4.78 is 43.2. The fourth-order valence-electron chi connectivity index (χ4n) is 4.22. The van der Waals surface area contributed by atoms with Gasteiger partial charge in [-0.2, -0.15) is 4.31 Å². The second kappa shape index (κ2) is 11.2. The molecule has 2 amide bonds. The topological polar surface area (TPSA) is 140 Å². The van der Waals surface area contributed by atoms with Gasteiger partial charge in [0, 0.05) is 25.7 Å². The van der Waals surface area contributed by atoms with Crippen LogP contribution in [0.15, 0.2) is 23.1 Å². The van der Waals surface area contributed by atoms with Gasteiger partial charge in [0.2, 0.25) is 15.9 Å². The van der Waals surface area contributed by atoms with Gasteiger partial charge in [0.05, 0.1) is 20.3 Å². The number of rotatable bonds is 8. The molecule has 1 aliphatic heterocycles. The number of methoxy groups -OCH3 is 1. The number of hydrogen-bond acceptors (Lipinski definition) is 8. The summed E-state index contributed by atoms with van der Waals surface area (Å²) >= 11 is 0. The molecule has 1 aliphatic carbocycles. The lowest BCUT2D eigenvalue weighted by molar-refractivity contribution is -0.157. The van der Waals surface area contributed by atoms with E-state index < -0.39 is 34.0 Å². The van der Waals surface area contributed by atoms with Crippen LogP contribution in [0.2, 0.25) is 0 Å². The van der Waals surface area contributed by atoms with Gasteiger partial charge in [-0.05, 0) is 31.0 Å². The minimum absolute atomic E-state index is 0.0847. The zero-order valence-electron chi connectivity index (χ0n) is 19.4. The van der Waals surface area contributed by atoms with E-state index >= 15 is 0 Å². The number of benzene rings is 1. The number of carbonyl (C=O) groups is 3. The molecule has 12 heteroatoms. The lowest BCUT2D eigenvalue weighted by Crippen LogP contribution is -2.56. The summed E-state index contributed by atoms with van der Waals surface area (Å²) in [5, 5.41) is 5.25. The molecule has 1 aromatic carbocycles. The van der Waals surface area contributed by atoms with Crippen molar-refractivity contribution in [2.75, 3.05) is 45.3 Å². The minimum Gasteiger partial charge on any atom is -0.495 e. The smallest absolute Gasteiger partial charge is 0.332 e. The maximum atomic E-state index is 13.1. The number of nitrogens with zero attached hydrogens (tertiary/aromatic N) is 1. The van der Waals surface area contributed by atoms with Crippen molar-refractivity contribution in [3.8, 4) is 5.75 Å². The normalized spacial score (nSPS) is 18.5. The summed E-state index contributed by atoms with van der Waals surface area (Å²) in [5.41, 5.74) is -0.910. The van der Waals surface area contributed by atoms with Crippen LogP contribution in [-0.4, -0.2) is 76.1 Å². The van der Waals surface area contributed by atoms with E-state index in [1.54, 1.807) is 0 Å². The van der Waals surface area contributed by atoms with E-state index in [0.29, 0.717) is 26.1 Å². The monoisotopic (exact) mass is 497 g/mol. The predicted molar refractivity (Wildman–Crippen MR) is 122 cm³/mol. The number of carbonyl (C=O) groups excluding carboxylic acids is 3. The lowest BCUT2D eigenvalue weighted by atomic mass is 9.81. The number of amides is 2. The Morgan fingerprint density at radius 1 is 1.12 bits per heavy atom. The molecule has 0 spiro atoms. The van der Waals surface area contributed by atoms with Crippen LogP contribution in [0.3, 0.4) is 0 Å². The van der Waals surface area contributed by atoms with Crippen molar-refractivity contribution in [3.05, 3.63) is 18.2 Å². The van der Waals surface area contributed by atoms with Crippen LogP contribution < -0.4 is 15.4 Å². The summed E-state index contributed by atoms with van der Waals surface area (Å²) in [6, 6.07) is 4.25. The molecule has 1 aromatic rings. The molecule has 3 rings (SSSR count). The van der Waals surface area contributed by atoms with Crippen molar-refractivity contribution < 1.29 is 37.0 Å². The summed E-state index contributed by atoms with van der Waals surface area (Å²) in [6.07, 6.45) is 3.41. The van der Waals surface area contributed by atoms with Crippen LogP contribution in [0.1, 0.15) is 39.0 Å². The maximum absolute atomic E-state index is 13.1. The lowest BCUT2D eigenvalue weighted by Gasteiger charge is -2.35. The van der Waals surface area contributed by atoms with Gasteiger partial charge in [-0.25, -0.2) is 13.2 Å². The largest absolute Gasteiger partial charge is 0.495 e. The van der Waals surface area contributed by atoms with Crippen LogP contribution in [0.5, 0.6) is 5.75 Å². The number of ether oxygens (including phenoxy) is 3. The van der Waals surface area contributed by atoms with E-state index in [9.17, 15) is 22.8 Å². The third-order valence-electron chi connectivity index (χ3n) is 5.88. The van der Waals surface area contributed by atoms with Crippen LogP contribution in [0.4, 0.5) is 5.69 Å². The minimum atomic E-state index is -3.87. The van der Waals surface area contributed by atoms with Gasteiger partial charge in [-0.3, -0.25) is 9.59 Å². The van der Waals surface area contributed by atoms with E-state index in [1.165, 1.54) is 36.5 Å². The molecule has 188 valence electrons.